The summed E-state index contributed by atoms with van der Waals surface area (Å²) in [6.07, 6.45) is 0. The van der Waals surface area contributed by atoms with E-state index in [1.165, 1.54) is 0 Å². The van der Waals surface area contributed by atoms with Gasteiger partial charge in [-0.15, -0.1) is 0 Å². The predicted molar refractivity (Wildman–Crippen MR) is 67.2 cm³/mol. The number of rotatable bonds is 2. The Morgan fingerprint density at radius 3 is 1.44 bits per heavy atom. The monoisotopic (exact) mass is 288 g/mol. The first-order valence-electron chi connectivity index (χ1n) is 1.43. The molecule has 54 valence electrons. The molecule has 0 aromatic carbocycles. The molecule has 9 heavy (non-hydrogen) atoms. The second kappa shape index (κ2) is 4.37. The van der Waals surface area contributed by atoms with Gasteiger partial charge in [-0.3, -0.25) is 0 Å². The maximum atomic E-state index is 4.93. The molecule has 0 aliphatic heterocycles. The van der Waals surface area contributed by atoms with Crippen molar-refractivity contribution in [3.05, 3.63) is 0 Å². The molecule has 9 heteroatoms. The molecule has 0 unspecified atom stereocenters. The molecule has 0 aromatic rings. The van der Waals surface area contributed by atoms with Crippen LogP contribution in [0.2, 0.25) is 0 Å². The molecule has 0 spiro atoms. The van der Waals surface area contributed by atoms with E-state index in [0.29, 0.717) is 0 Å². The summed E-state index contributed by atoms with van der Waals surface area (Å²) in [5.41, 5.74) is 0. The Morgan fingerprint density at radius 2 is 1.44 bits per heavy atom. The van der Waals surface area contributed by atoms with E-state index in [1.807, 2.05) is 0 Å². The van der Waals surface area contributed by atoms with Crippen molar-refractivity contribution in [3.63, 3.8) is 0 Å². The molecule has 0 saturated carbocycles. The van der Waals surface area contributed by atoms with Gasteiger partial charge in [0, 0.05) is 5.80 Å². The minimum Gasteiger partial charge on any atom is -0.0383 e. The second-order valence-corrected chi connectivity index (χ2v) is 24.2. The van der Waals surface area contributed by atoms with E-state index in [4.69, 9.17) is 68.4 Å². The fourth-order valence-electron chi connectivity index (χ4n) is 0.0544. The van der Waals surface area contributed by atoms with Gasteiger partial charge in [-0.1, -0.05) is 0 Å². The molecule has 0 heterocycles. The van der Waals surface area contributed by atoms with Crippen molar-refractivity contribution in [3.8, 4) is 0 Å². The van der Waals surface area contributed by atoms with Crippen LogP contribution in [0.5, 0.6) is 0 Å². The SMILES string of the molecule is S=P(=S)S(=S)(=S)[SH](=S)=S. The second-order valence-electron chi connectivity index (χ2n) is 0.895. The summed E-state index contributed by atoms with van der Waals surface area (Å²) in [4.78, 5) is 0. The standard InChI is InChI=1S/HPS8/c2-1(3)9(6,7)8(4)5/h8H. The van der Waals surface area contributed by atoms with Crippen molar-refractivity contribution >= 4 is 85.9 Å². The van der Waals surface area contributed by atoms with Crippen LogP contribution in [0.3, 0.4) is 0 Å². The normalized spacial score (nSPS) is 11.7. The quantitative estimate of drug-likeness (QED) is 0.445. The molecule has 0 nitrogen and oxygen atoms in total. The molecule has 0 rings (SSSR count). The summed E-state index contributed by atoms with van der Waals surface area (Å²) in [5, 5.41) is 0. The van der Waals surface area contributed by atoms with Gasteiger partial charge in [0.1, 0.15) is 0 Å². The first kappa shape index (κ1) is 11.3. The molecule has 0 bridgehead atoms. The maximum absolute atomic E-state index is 4.93. The van der Waals surface area contributed by atoms with E-state index in [1.54, 1.807) is 0 Å². The third-order valence-electron chi connectivity index (χ3n) is 0.377. The van der Waals surface area contributed by atoms with Gasteiger partial charge in [-0.05, 0) is 75.4 Å². The number of hydrogen-bond acceptors (Lipinski definition) is 6. The summed E-state index contributed by atoms with van der Waals surface area (Å²) in [7, 11) is -1.08. The predicted octanol–water partition coefficient (Wildman–Crippen LogP) is 0.574. The van der Waals surface area contributed by atoms with Crippen LogP contribution < -0.4 is 0 Å². The molecule has 0 radical (unpaired) electrons. The Balaban J connectivity index is 5.39. The Morgan fingerprint density at radius 1 is 1.11 bits per heavy atom. The van der Waals surface area contributed by atoms with Crippen LogP contribution in [-0.2, 0) is 81.2 Å². The Hall–Kier alpha value is 2.32. The fourth-order valence-corrected chi connectivity index (χ4v) is 13.2. The highest BCUT2D eigenvalue weighted by atomic mass is 33.9. The van der Waals surface area contributed by atoms with Gasteiger partial charge in [0.2, 0.25) is 0 Å². The Bertz CT molecular complexity index is 274. The van der Waals surface area contributed by atoms with E-state index in [9.17, 15) is 0 Å². The van der Waals surface area contributed by atoms with Crippen molar-refractivity contribution in [1.29, 1.82) is 0 Å². The first-order chi connectivity index (χ1) is 3.89. The molecular formula is HPS8. The zero-order valence-electron chi connectivity index (χ0n) is 3.75. The van der Waals surface area contributed by atoms with E-state index in [0.717, 1.165) is 0 Å². The van der Waals surface area contributed by atoms with Gasteiger partial charge >= 0.3 is 0 Å². The van der Waals surface area contributed by atoms with Crippen LogP contribution in [0.15, 0.2) is 0 Å². The van der Waals surface area contributed by atoms with Crippen molar-refractivity contribution in [1.82, 2.24) is 0 Å². The molecule has 0 fully saturated rings. The number of hydrogen-bond donors (Lipinski definition) is 1. The van der Waals surface area contributed by atoms with Gasteiger partial charge in [-0.25, -0.2) is 0 Å². The summed E-state index contributed by atoms with van der Waals surface area (Å²) in [6.45, 7) is 0. The molecule has 0 amide bonds. The van der Waals surface area contributed by atoms with E-state index >= 15 is 0 Å². The van der Waals surface area contributed by atoms with Gasteiger partial charge in [-0.2, -0.15) is 0 Å². The van der Waals surface area contributed by atoms with Crippen molar-refractivity contribution in [2.24, 2.45) is 0 Å². The Labute approximate surface area is 84.7 Å². The van der Waals surface area contributed by atoms with Gasteiger partial charge in [0.05, 0.1) is 4.67 Å². The van der Waals surface area contributed by atoms with Crippen molar-refractivity contribution in [2.75, 3.05) is 0 Å². The lowest BCUT2D eigenvalue weighted by molar-refractivity contribution is 5.33. The van der Waals surface area contributed by atoms with Crippen LogP contribution in [-0.4, -0.2) is 0 Å². The lowest BCUT2D eigenvalue weighted by atomic mass is 29.8. The Kier molecular flexibility index (Phi) is 5.50. The minimum atomic E-state index is -1.76. The van der Waals surface area contributed by atoms with Crippen molar-refractivity contribution in [2.45, 2.75) is 0 Å². The summed E-state index contributed by atoms with van der Waals surface area (Å²) < 4.78 is -1.08. The van der Waals surface area contributed by atoms with E-state index in [-0.39, 0.29) is 0 Å². The molecular weight excluding hydrogens is 288 g/mol. The molecule has 0 aliphatic carbocycles. The highest BCUT2D eigenvalue weighted by molar-refractivity contribution is 9.23. The average Bonchev–Trinajstić information content (AvgIpc) is 1.65. The highest BCUT2D eigenvalue weighted by Gasteiger charge is 1.95. The van der Waals surface area contributed by atoms with Crippen LogP contribution in [0.4, 0.5) is 0 Å². The summed E-state index contributed by atoms with van der Waals surface area (Å²) >= 11 is 29.0. The van der Waals surface area contributed by atoms with Crippen molar-refractivity contribution < 1.29 is 0 Å². The van der Waals surface area contributed by atoms with Crippen LogP contribution in [0.25, 0.3) is 0 Å². The topological polar surface area (TPSA) is 0 Å². The number of thiol groups is 1. The lowest BCUT2D eigenvalue weighted by Crippen LogP contribution is -1.81. The highest BCUT2D eigenvalue weighted by Crippen LogP contribution is 2.19. The van der Waals surface area contributed by atoms with Crippen LogP contribution in [0.1, 0.15) is 0 Å². The average molecular weight is 289 g/mol. The molecule has 0 aliphatic rings. The van der Waals surface area contributed by atoms with Crippen LogP contribution >= 0.6 is 4.67 Å². The zero-order chi connectivity index (χ0) is 7.65. The summed E-state index contributed by atoms with van der Waals surface area (Å²) in [6, 6.07) is 0. The van der Waals surface area contributed by atoms with Crippen LogP contribution in [0, 0.1) is 0 Å². The maximum Gasteiger partial charge on any atom is 0.0873 e. The van der Waals surface area contributed by atoms with Gasteiger partial charge in [0.15, 0.2) is 0 Å². The first-order valence-corrected chi connectivity index (χ1v) is 12.9. The third-order valence-corrected chi connectivity index (χ3v) is 30.5. The van der Waals surface area contributed by atoms with E-state index < -0.39 is 17.5 Å². The van der Waals surface area contributed by atoms with E-state index in [2.05, 4.69) is 0 Å². The molecule has 0 aromatic heterocycles. The molecule has 0 atom stereocenters. The van der Waals surface area contributed by atoms with Gasteiger partial charge < -0.3 is 0 Å². The minimum absolute atomic E-state index is 1.08. The summed E-state index contributed by atoms with van der Waals surface area (Å²) in [5.74, 6) is -1.76. The zero-order valence-corrected chi connectivity index (χ0v) is 11.3. The van der Waals surface area contributed by atoms with Gasteiger partial charge in [0.25, 0.3) is 0 Å². The smallest absolute Gasteiger partial charge is 0.0383 e. The third kappa shape index (κ3) is 3.48. The largest absolute Gasteiger partial charge is 0.0873 e. The molecule has 0 saturated heterocycles. The lowest BCUT2D eigenvalue weighted by Gasteiger charge is -1.92. The molecule has 0 N–H and O–H groups in total. The fraction of sp³-hybridized carbons (Fsp3) is 0.